The van der Waals surface area contributed by atoms with Crippen LogP contribution in [0.1, 0.15) is 57.1 Å². The number of nitrogens with zero attached hydrogens (tertiary/aromatic N) is 1. The van der Waals surface area contributed by atoms with Crippen LogP contribution >= 0.6 is 0 Å². The number of anilines is 1. The summed E-state index contributed by atoms with van der Waals surface area (Å²) in [5.74, 6) is -1.94. The number of piperidine rings is 1. The molecule has 0 aliphatic carbocycles. The Balaban J connectivity index is 1.39. The number of fused-ring (bicyclic) bond motifs is 2. The predicted octanol–water partition coefficient (Wildman–Crippen LogP) is 1.73. The lowest BCUT2D eigenvalue weighted by atomic mass is 9.97. The second kappa shape index (κ2) is 7.63. The lowest BCUT2D eigenvalue weighted by Crippen LogP contribution is -2.54. The third-order valence-electron chi connectivity index (χ3n) is 6.18. The van der Waals surface area contributed by atoms with Crippen LogP contribution in [0.5, 0.6) is 0 Å². The van der Waals surface area contributed by atoms with Crippen LogP contribution in [0.4, 0.5) is 5.69 Å². The molecule has 2 atom stereocenters. The zero-order chi connectivity index (χ0) is 21.5. The molecule has 1 saturated heterocycles. The van der Waals surface area contributed by atoms with Gasteiger partial charge in [-0.2, -0.15) is 0 Å². The largest absolute Gasteiger partial charge is 0.385 e. The highest BCUT2D eigenvalue weighted by Gasteiger charge is 2.45. The second-order valence-corrected chi connectivity index (χ2v) is 8.02. The number of nitrogens with one attached hydrogen (secondary N) is 3. The number of benzene rings is 2. The van der Waals surface area contributed by atoms with Crippen LogP contribution in [0.2, 0.25) is 0 Å². The van der Waals surface area contributed by atoms with E-state index in [4.69, 9.17) is 0 Å². The standard InChI is InChI=1S/C23H22N4O4/c28-19-9-8-18(21(29)26-19)27-22(30)15-6-3-4-13(20(15)23(27)31)12-25-17-10-11-24-16-7-2-1-5-14(16)17/h1-7,17-18,24-25H,8-12H2,(H,26,28,29). The Morgan fingerprint density at radius 2 is 1.81 bits per heavy atom. The molecule has 3 heterocycles. The first kappa shape index (κ1) is 19.4. The highest BCUT2D eigenvalue weighted by Crippen LogP contribution is 2.32. The molecule has 0 saturated carbocycles. The van der Waals surface area contributed by atoms with Crippen LogP contribution in [0.15, 0.2) is 42.5 Å². The van der Waals surface area contributed by atoms with Crippen molar-refractivity contribution in [2.45, 2.75) is 37.9 Å². The van der Waals surface area contributed by atoms with E-state index in [1.165, 1.54) is 5.56 Å². The van der Waals surface area contributed by atoms with Gasteiger partial charge in [-0.3, -0.25) is 29.4 Å². The normalized spacial score (nSPS) is 22.6. The van der Waals surface area contributed by atoms with Crippen LogP contribution in [0, 0.1) is 0 Å². The SMILES string of the molecule is O=C1CCC(N2C(=O)c3cccc(CNC4CCNc5ccccc54)c3C2=O)C(=O)N1. The third kappa shape index (κ3) is 3.29. The minimum absolute atomic E-state index is 0.105. The van der Waals surface area contributed by atoms with Crippen molar-refractivity contribution in [2.24, 2.45) is 0 Å². The maximum Gasteiger partial charge on any atom is 0.262 e. The summed E-state index contributed by atoms with van der Waals surface area (Å²) in [6.07, 6.45) is 1.16. The molecule has 2 aromatic carbocycles. The van der Waals surface area contributed by atoms with Gasteiger partial charge < -0.3 is 10.6 Å². The first-order valence-corrected chi connectivity index (χ1v) is 10.4. The number of amides is 4. The lowest BCUT2D eigenvalue weighted by molar-refractivity contribution is -0.136. The molecular formula is C23H22N4O4. The Morgan fingerprint density at radius 3 is 2.65 bits per heavy atom. The van der Waals surface area contributed by atoms with Crippen molar-refractivity contribution in [3.05, 3.63) is 64.7 Å². The Labute approximate surface area is 179 Å². The van der Waals surface area contributed by atoms with E-state index < -0.39 is 23.8 Å². The predicted molar refractivity (Wildman–Crippen MR) is 112 cm³/mol. The molecule has 8 heteroatoms. The molecule has 158 valence electrons. The minimum atomic E-state index is -0.956. The average molecular weight is 418 g/mol. The van der Waals surface area contributed by atoms with Gasteiger partial charge in [0.1, 0.15) is 6.04 Å². The molecule has 5 rings (SSSR count). The average Bonchev–Trinajstić information content (AvgIpc) is 3.03. The minimum Gasteiger partial charge on any atom is -0.385 e. The Hall–Kier alpha value is -3.52. The van der Waals surface area contributed by atoms with Gasteiger partial charge in [-0.05, 0) is 36.1 Å². The van der Waals surface area contributed by atoms with Crippen molar-refractivity contribution in [3.63, 3.8) is 0 Å². The number of imide groups is 2. The molecule has 1 fully saturated rings. The number of carbonyl (C=O) groups excluding carboxylic acids is 4. The monoisotopic (exact) mass is 418 g/mol. The summed E-state index contributed by atoms with van der Waals surface area (Å²) in [7, 11) is 0. The molecule has 0 radical (unpaired) electrons. The molecule has 0 aromatic heterocycles. The highest BCUT2D eigenvalue weighted by molar-refractivity contribution is 6.24. The van der Waals surface area contributed by atoms with E-state index in [0.29, 0.717) is 17.7 Å². The molecule has 2 unspecified atom stereocenters. The van der Waals surface area contributed by atoms with Crippen LogP contribution in [-0.2, 0) is 16.1 Å². The second-order valence-electron chi connectivity index (χ2n) is 8.02. The summed E-state index contributed by atoms with van der Waals surface area (Å²) >= 11 is 0. The summed E-state index contributed by atoms with van der Waals surface area (Å²) in [4.78, 5) is 50.9. The molecule has 3 aliphatic rings. The zero-order valence-corrected chi connectivity index (χ0v) is 16.8. The van der Waals surface area contributed by atoms with E-state index in [0.717, 1.165) is 29.1 Å². The van der Waals surface area contributed by atoms with Gasteiger partial charge in [-0.15, -0.1) is 0 Å². The van der Waals surface area contributed by atoms with Crippen LogP contribution < -0.4 is 16.0 Å². The fourth-order valence-electron chi connectivity index (χ4n) is 4.65. The van der Waals surface area contributed by atoms with E-state index in [1.54, 1.807) is 12.1 Å². The van der Waals surface area contributed by atoms with Crippen molar-refractivity contribution < 1.29 is 19.2 Å². The van der Waals surface area contributed by atoms with Crippen molar-refractivity contribution in [1.29, 1.82) is 0 Å². The van der Waals surface area contributed by atoms with Gasteiger partial charge in [0.15, 0.2) is 0 Å². The van der Waals surface area contributed by atoms with E-state index in [-0.39, 0.29) is 24.8 Å². The van der Waals surface area contributed by atoms with E-state index in [9.17, 15) is 19.2 Å². The first-order chi connectivity index (χ1) is 15.0. The maximum absolute atomic E-state index is 13.2. The zero-order valence-electron chi connectivity index (χ0n) is 16.8. The van der Waals surface area contributed by atoms with Gasteiger partial charge in [0.05, 0.1) is 11.1 Å². The van der Waals surface area contributed by atoms with E-state index in [1.807, 2.05) is 24.3 Å². The highest BCUT2D eigenvalue weighted by atomic mass is 16.2. The number of hydrogen-bond acceptors (Lipinski definition) is 6. The molecule has 31 heavy (non-hydrogen) atoms. The Morgan fingerprint density at radius 1 is 0.968 bits per heavy atom. The maximum atomic E-state index is 13.2. The number of para-hydroxylation sites is 1. The molecule has 0 bridgehead atoms. The molecule has 2 aromatic rings. The summed E-state index contributed by atoms with van der Waals surface area (Å²) in [5, 5.41) is 9.13. The van der Waals surface area contributed by atoms with Gasteiger partial charge >= 0.3 is 0 Å². The topological polar surface area (TPSA) is 108 Å². The van der Waals surface area contributed by atoms with Gasteiger partial charge in [-0.1, -0.05) is 30.3 Å². The quantitative estimate of drug-likeness (QED) is 0.653. The van der Waals surface area contributed by atoms with E-state index >= 15 is 0 Å². The summed E-state index contributed by atoms with van der Waals surface area (Å²) in [5.41, 5.74) is 3.64. The third-order valence-corrected chi connectivity index (χ3v) is 6.18. The van der Waals surface area contributed by atoms with Gasteiger partial charge in [-0.25, -0.2) is 0 Å². The fourth-order valence-corrected chi connectivity index (χ4v) is 4.65. The summed E-state index contributed by atoms with van der Waals surface area (Å²) < 4.78 is 0. The molecule has 3 aliphatic heterocycles. The first-order valence-electron chi connectivity index (χ1n) is 10.4. The molecule has 8 nitrogen and oxygen atoms in total. The van der Waals surface area contributed by atoms with E-state index in [2.05, 4.69) is 22.0 Å². The van der Waals surface area contributed by atoms with Crippen molar-refractivity contribution in [2.75, 3.05) is 11.9 Å². The van der Waals surface area contributed by atoms with Crippen LogP contribution in [0.3, 0.4) is 0 Å². The lowest BCUT2D eigenvalue weighted by Gasteiger charge is -2.28. The van der Waals surface area contributed by atoms with Crippen LogP contribution in [0.25, 0.3) is 0 Å². The molecule has 4 amide bonds. The molecule has 3 N–H and O–H groups in total. The number of carbonyl (C=O) groups is 4. The fraction of sp³-hybridized carbons (Fsp3) is 0.304. The van der Waals surface area contributed by atoms with Gasteiger partial charge in [0.2, 0.25) is 11.8 Å². The van der Waals surface area contributed by atoms with Crippen molar-refractivity contribution >= 4 is 29.3 Å². The number of rotatable bonds is 4. The Bertz CT molecular complexity index is 1110. The smallest absolute Gasteiger partial charge is 0.262 e. The van der Waals surface area contributed by atoms with Gasteiger partial charge in [0.25, 0.3) is 11.8 Å². The molecular weight excluding hydrogens is 396 g/mol. The summed E-state index contributed by atoms with van der Waals surface area (Å²) in [6, 6.07) is 12.5. The Kier molecular flexibility index (Phi) is 4.78. The van der Waals surface area contributed by atoms with Crippen molar-refractivity contribution in [1.82, 2.24) is 15.5 Å². The molecule has 0 spiro atoms. The number of hydrogen-bond donors (Lipinski definition) is 3. The summed E-state index contributed by atoms with van der Waals surface area (Å²) in [6.45, 7) is 1.27. The van der Waals surface area contributed by atoms with Crippen molar-refractivity contribution in [3.8, 4) is 0 Å². The van der Waals surface area contributed by atoms with Crippen LogP contribution in [-0.4, -0.2) is 41.1 Å². The van der Waals surface area contributed by atoms with Gasteiger partial charge in [0, 0.05) is 31.2 Å².